The molecule has 0 aromatic heterocycles. The van der Waals surface area contributed by atoms with Crippen LogP contribution in [0.2, 0.25) is 0 Å². The van der Waals surface area contributed by atoms with Crippen molar-refractivity contribution >= 4 is 17.3 Å². The third-order valence-corrected chi connectivity index (χ3v) is 3.96. The number of phenols is 1. The average Bonchev–Trinajstić information content (AvgIpc) is 2.58. The Balaban J connectivity index is 2.16. The second-order valence-electron chi connectivity index (χ2n) is 5.62. The number of halogens is 1. The van der Waals surface area contributed by atoms with Gasteiger partial charge < -0.3 is 20.1 Å². The molecule has 0 aliphatic carbocycles. The van der Waals surface area contributed by atoms with Crippen molar-refractivity contribution in [2.75, 3.05) is 36.5 Å². The Hall–Kier alpha value is -2.60. The molecule has 0 saturated carbocycles. The Morgan fingerprint density at radius 1 is 1.21 bits per heavy atom. The fraction of sp³-hybridized carbons (Fsp3) is 0.278. The van der Waals surface area contributed by atoms with Crippen molar-refractivity contribution in [3.8, 4) is 16.9 Å². The van der Waals surface area contributed by atoms with Gasteiger partial charge in [-0.2, -0.15) is 0 Å². The van der Waals surface area contributed by atoms with Gasteiger partial charge in [0.25, 0.3) is 0 Å². The Morgan fingerprint density at radius 2 is 1.92 bits per heavy atom. The molecule has 2 aromatic carbocycles. The highest BCUT2D eigenvalue weighted by Gasteiger charge is 2.22. The highest BCUT2D eigenvalue weighted by atomic mass is 19.1. The van der Waals surface area contributed by atoms with Gasteiger partial charge in [-0.1, -0.05) is 18.2 Å². The van der Waals surface area contributed by atoms with Crippen molar-refractivity contribution in [1.29, 1.82) is 0 Å². The number of carbonyl (C=O) groups excluding carboxylic acids is 1. The summed E-state index contributed by atoms with van der Waals surface area (Å²) in [7, 11) is 0. The van der Waals surface area contributed by atoms with E-state index in [1.807, 2.05) is 4.90 Å². The van der Waals surface area contributed by atoms with Gasteiger partial charge in [0.05, 0.1) is 24.5 Å². The number of phenolic OH excluding ortho intramolecular Hbond substituents is 1. The first-order valence-electron chi connectivity index (χ1n) is 7.79. The zero-order chi connectivity index (χ0) is 17.1. The number of hydrogen-bond donors (Lipinski definition) is 2. The molecule has 0 atom stereocenters. The van der Waals surface area contributed by atoms with E-state index in [0.29, 0.717) is 37.4 Å². The van der Waals surface area contributed by atoms with Crippen LogP contribution in [-0.2, 0) is 9.53 Å². The topological polar surface area (TPSA) is 61.8 Å². The van der Waals surface area contributed by atoms with Gasteiger partial charge in [-0.25, -0.2) is 4.39 Å². The standard InChI is InChI=1S/C18H19FN2O3/c1-12(22)20-15-6-7-16(21-8-10-24-11-9-21)17(18(15)23)13-4-2-3-5-14(13)19/h2-7,23H,8-11H2,1H3,(H,20,22). The first kappa shape index (κ1) is 16.3. The minimum atomic E-state index is -0.428. The monoisotopic (exact) mass is 330 g/mol. The first-order valence-corrected chi connectivity index (χ1v) is 7.79. The molecule has 0 radical (unpaired) electrons. The molecule has 3 rings (SSSR count). The van der Waals surface area contributed by atoms with Crippen LogP contribution < -0.4 is 10.2 Å². The Morgan fingerprint density at radius 3 is 2.58 bits per heavy atom. The second-order valence-corrected chi connectivity index (χ2v) is 5.62. The molecular formula is C18H19FN2O3. The van der Waals surface area contributed by atoms with Crippen LogP contribution in [0.1, 0.15) is 6.92 Å². The van der Waals surface area contributed by atoms with Crippen LogP contribution in [0.25, 0.3) is 11.1 Å². The number of benzene rings is 2. The van der Waals surface area contributed by atoms with Gasteiger partial charge in [-0.15, -0.1) is 0 Å². The van der Waals surface area contributed by atoms with E-state index < -0.39 is 5.82 Å². The van der Waals surface area contributed by atoms with Crippen LogP contribution in [-0.4, -0.2) is 37.3 Å². The van der Waals surface area contributed by atoms with Crippen molar-refractivity contribution in [2.24, 2.45) is 0 Å². The Kier molecular flexibility index (Phi) is 4.66. The highest BCUT2D eigenvalue weighted by molar-refractivity contribution is 5.96. The Bertz CT molecular complexity index is 758. The summed E-state index contributed by atoms with van der Waals surface area (Å²) in [5.41, 5.74) is 1.65. The lowest BCUT2D eigenvalue weighted by Crippen LogP contribution is -2.36. The number of rotatable bonds is 3. The van der Waals surface area contributed by atoms with Gasteiger partial charge in [0.1, 0.15) is 11.6 Å². The zero-order valence-electron chi connectivity index (χ0n) is 13.4. The molecule has 0 bridgehead atoms. The summed E-state index contributed by atoms with van der Waals surface area (Å²) in [6.07, 6.45) is 0. The first-order chi connectivity index (χ1) is 11.6. The molecule has 2 N–H and O–H groups in total. The van der Waals surface area contributed by atoms with E-state index in [-0.39, 0.29) is 17.3 Å². The summed E-state index contributed by atoms with van der Waals surface area (Å²) in [5, 5.41) is 13.3. The number of nitrogens with one attached hydrogen (secondary N) is 1. The number of amides is 1. The highest BCUT2D eigenvalue weighted by Crippen LogP contribution is 2.44. The fourth-order valence-electron chi connectivity index (χ4n) is 2.87. The van der Waals surface area contributed by atoms with Crippen molar-refractivity contribution in [3.63, 3.8) is 0 Å². The molecule has 24 heavy (non-hydrogen) atoms. The molecule has 126 valence electrons. The molecule has 6 heteroatoms. The van der Waals surface area contributed by atoms with Gasteiger partial charge in [-0.05, 0) is 18.2 Å². The zero-order valence-corrected chi connectivity index (χ0v) is 13.4. The van der Waals surface area contributed by atoms with Crippen molar-refractivity contribution < 1.29 is 19.0 Å². The molecule has 0 spiro atoms. The molecule has 1 fully saturated rings. The summed E-state index contributed by atoms with van der Waals surface area (Å²) < 4.78 is 19.7. The molecule has 5 nitrogen and oxygen atoms in total. The minimum absolute atomic E-state index is 0.140. The average molecular weight is 330 g/mol. The SMILES string of the molecule is CC(=O)Nc1ccc(N2CCOCC2)c(-c2ccccc2F)c1O. The molecule has 0 unspecified atom stereocenters. The van der Waals surface area contributed by atoms with E-state index in [9.17, 15) is 14.3 Å². The van der Waals surface area contributed by atoms with E-state index >= 15 is 0 Å². The van der Waals surface area contributed by atoms with Crippen LogP contribution in [0.4, 0.5) is 15.8 Å². The summed E-state index contributed by atoms with van der Waals surface area (Å²) in [6.45, 7) is 3.81. The minimum Gasteiger partial charge on any atom is -0.505 e. The Labute approximate surface area is 139 Å². The fourth-order valence-corrected chi connectivity index (χ4v) is 2.87. The van der Waals surface area contributed by atoms with Gasteiger partial charge in [-0.3, -0.25) is 4.79 Å². The number of morpholine rings is 1. The van der Waals surface area contributed by atoms with Crippen LogP contribution in [0.15, 0.2) is 36.4 Å². The number of hydrogen-bond acceptors (Lipinski definition) is 4. The van der Waals surface area contributed by atoms with Crippen molar-refractivity contribution in [1.82, 2.24) is 0 Å². The van der Waals surface area contributed by atoms with Crippen molar-refractivity contribution in [3.05, 3.63) is 42.2 Å². The van der Waals surface area contributed by atoms with Gasteiger partial charge in [0.15, 0.2) is 0 Å². The van der Waals surface area contributed by atoms with E-state index in [1.54, 1.807) is 30.3 Å². The number of ether oxygens (including phenoxy) is 1. The maximum absolute atomic E-state index is 14.4. The lowest BCUT2D eigenvalue weighted by atomic mass is 9.99. The van der Waals surface area contributed by atoms with E-state index in [4.69, 9.17) is 4.74 Å². The van der Waals surface area contributed by atoms with Gasteiger partial charge in [0.2, 0.25) is 5.91 Å². The van der Waals surface area contributed by atoms with E-state index in [2.05, 4.69) is 5.32 Å². The number of carbonyl (C=O) groups is 1. The maximum atomic E-state index is 14.4. The van der Waals surface area contributed by atoms with Gasteiger partial charge in [0, 0.05) is 31.3 Å². The normalized spacial score (nSPS) is 14.5. The summed E-state index contributed by atoms with van der Waals surface area (Å²) in [6, 6.07) is 9.70. The predicted molar refractivity (Wildman–Crippen MR) is 90.8 cm³/mol. The quantitative estimate of drug-likeness (QED) is 0.850. The van der Waals surface area contributed by atoms with Crippen LogP contribution in [0.5, 0.6) is 5.75 Å². The molecule has 2 aromatic rings. The van der Waals surface area contributed by atoms with E-state index in [1.165, 1.54) is 13.0 Å². The third-order valence-electron chi connectivity index (χ3n) is 3.96. The number of anilines is 2. The molecule has 1 heterocycles. The molecule has 1 amide bonds. The summed E-state index contributed by atoms with van der Waals surface area (Å²) in [5.74, 6) is -0.870. The number of nitrogens with zero attached hydrogens (tertiary/aromatic N) is 1. The molecular weight excluding hydrogens is 311 g/mol. The number of aromatic hydroxyl groups is 1. The van der Waals surface area contributed by atoms with Crippen molar-refractivity contribution in [2.45, 2.75) is 6.92 Å². The second kappa shape index (κ2) is 6.88. The molecule has 1 aliphatic rings. The molecule has 1 aliphatic heterocycles. The largest absolute Gasteiger partial charge is 0.505 e. The molecule has 1 saturated heterocycles. The third kappa shape index (κ3) is 3.19. The van der Waals surface area contributed by atoms with Crippen LogP contribution in [0.3, 0.4) is 0 Å². The van der Waals surface area contributed by atoms with E-state index in [0.717, 1.165) is 5.69 Å². The predicted octanol–water partition coefficient (Wildman–Crippen LogP) is 2.99. The smallest absolute Gasteiger partial charge is 0.221 e. The maximum Gasteiger partial charge on any atom is 0.221 e. The van der Waals surface area contributed by atoms with Gasteiger partial charge >= 0.3 is 0 Å². The van der Waals surface area contributed by atoms with Crippen LogP contribution in [0, 0.1) is 5.82 Å². The lowest BCUT2D eigenvalue weighted by molar-refractivity contribution is -0.114. The summed E-state index contributed by atoms with van der Waals surface area (Å²) in [4.78, 5) is 13.4. The van der Waals surface area contributed by atoms with Crippen LogP contribution >= 0.6 is 0 Å². The summed E-state index contributed by atoms with van der Waals surface area (Å²) >= 11 is 0. The lowest BCUT2D eigenvalue weighted by Gasteiger charge is -2.31.